The number of hydrogen-bond donors (Lipinski definition) is 0. The van der Waals surface area contributed by atoms with Gasteiger partial charge < -0.3 is 9.47 Å². The monoisotopic (exact) mass is 536 g/mol. The van der Waals surface area contributed by atoms with E-state index in [0.29, 0.717) is 19.1 Å². The first-order chi connectivity index (χ1) is 14.3. The third-order valence-electron chi connectivity index (χ3n) is 5.53. The summed E-state index contributed by atoms with van der Waals surface area (Å²) in [5.74, 6) is 2.15. The molecule has 1 aliphatic rings. The van der Waals surface area contributed by atoms with E-state index in [1.54, 1.807) is 11.3 Å². The lowest BCUT2D eigenvalue weighted by Gasteiger charge is -2.33. The van der Waals surface area contributed by atoms with E-state index in [2.05, 4.69) is 49.4 Å². The van der Waals surface area contributed by atoms with E-state index in [9.17, 15) is 5.26 Å². The fourth-order valence-corrected chi connectivity index (χ4v) is 5.86. The topological polar surface area (TPSA) is 54.6 Å². The minimum absolute atomic E-state index is 0.284. The van der Waals surface area contributed by atoms with Crippen LogP contribution in [0.15, 0.2) is 17.1 Å². The Kier molecular flexibility index (Phi) is 7.46. The van der Waals surface area contributed by atoms with Crippen LogP contribution in [-0.2, 0) is 12.8 Å². The lowest BCUT2D eigenvalue weighted by molar-refractivity contribution is 0.218. The van der Waals surface area contributed by atoms with Gasteiger partial charge >= 0.3 is 0 Å². The van der Waals surface area contributed by atoms with E-state index in [1.807, 2.05) is 32.2 Å². The summed E-state index contributed by atoms with van der Waals surface area (Å²) in [6, 6.07) is 6.40. The molecule has 1 aliphatic carbocycles. The van der Waals surface area contributed by atoms with Gasteiger partial charge in [0, 0.05) is 11.1 Å². The van der Waals surface area contributed by atoms with Crippen molar-refractivity contribution in [2.24, 2.45) is 16.3 Å². The Bertz CT molecular complexity index is 983. The van der Waals surface area contributed by atoms with Gasteiger partial charge in [-0.15, -0.1) is 11.3 Å². The van der Waals surface area contributed by atoms with Crippen molar-refractivity contribution in [2.75, 3.05) is 13.2 Å². The van der Waals surface area contributed by atoms with Crippen LogP contribution in [0.3, 0.4) is 0 Å². The number of halogens is 1. The second-order valence-corrected chi connectivity index (χ2v) is 10.8. The van der Waals surface area contributed by atoms with E-state index in [4.69, 9.17) is 14.5 Å². The van der Waals surface area contributed by atoms with Crippen LogP contribution in [0.5, 0.6) is 11.5 Å². The molecule has 6 heteroatoms. The molecule has 1 aromatic carbocycles. The number of benzene rings is 1. The molecule has 0 radical (unpaired) electrons. The molecule has 0 unspecified atom stereocenters. The minimum Gasteiger partial charge on any atom is -0.490 e. The summed E-state index contributed by atoms with van der Waals surface area (Å²) >= 11 is 3.94. The molecular weight excluding hydrogens is 507 g/mol. The molecule has 0 N–H and O–H groups in total. The lowest BCUT2D eigenvalue weighted by atomic mass is 9.72. The van der Waals surface area contributed by atoms with Crippen LogP contribution in [0.25, 0.3) is 0 Å². The highest BCUT2D eigenvalue weighted by Gasteiger charge is 2.32. The molecule has 0 saturated heterocycles. The third kappa shape index (κ3) is 5.00. The highest BCUT2D eigenvalue weighted by Crippen LogP contribution is 2.45. The largest absolute Gasteiger partial charge is 0.490 e. The minimum atomic E-state index is 0.284. The van der Waals surface area contributed by atoms with Gasteiger partial charge in [0.25, 0.3) is 0 Å². The van der Waals surface area contributed by atoms with Crippen molar-refractivity contribution in [1.29, 1.82) is 5.26 Å². The number of nitriles is 1. The summed E-state index contributed by atoms with van der Waals surface area (Å²) in [4.78, 5) is 6.06. The van der Waals surface area contributed by atoms with Crippen molar-refractivity contribution in [1.82, 2.24) is 0 Å². The molecule has 0 amide bonds. The Labute approximate surface area is 197 Å². The first-order valence-corrected chi connectivity index (χ1v) is 12.4. The van der Waals surface area contributed by atoms with Crippen LogP contribution in [0.2, 0.25) is 0 Å². The lowest BCUT2D eigenvalue weighted by Crippen LogP contribution is -2.26. The van der Waals surface area contributed by atoms with Crippen molar-refractivity contribution in [3.05, 3.63) is 37.3 Å². The maximum Gasteiger partial charge on any atom is 0.174 e. The van der Waals surface area contributed by atoms with Gasteiger partial charge in [-0.05, 0) is 90.3 Å². The standard InChI is InChI=1S/C24H29IN2O2S/c1-6-28-20-11-15(10-19(25)22(20)29-7-2)14-27-23-18(13-26)17-9-8-16(24(3,4)5)12-21(17)30-23/h10-11,14,16H,6-9,12H2,1-5H3/t16-/m0/s1. The number of aliphatic imine (C=N–C) groups is 1. The van der Waals surface area contributed by atoms with Crippen molar-refractivity contribution >= 4 is 45.1 Å². The Morgan fingerprint density at radius 1 is 1.27 bits per heavy atom. The molecule has 0 aliphatic heterocycles. The second-order valence-electron chi connectivity index (χ2n) is 8.56. The molecule has 0 fully saturated rings. The third-order valence-corrected chi connectivity index (χ3v) is 7.50. The van der Waals surface area contributed by atoms with Gasteiger partial charge in [-0.25, -0.2) is 4.99 Å². The van der Waals surface area contributed by atoms with Gasteiger partial charge in [0.05, 0.1) is 22.3 Å². The normalized spacial score (nSPS) is 16.4. The smallest absolute Gasteiger partial charge is 0.174 e. The summed E-state index contributed by atoms with van der Waals surface area (Å²) in [5.41, 5.74) is 3.19. The molecule has 1 aromatic heterocycles. The Morgan fingerprint density at radius 2 is 2.00 bits per heavy atom. The molecular formula is C24H29IN2O2S. The van der Waals surface area contributed by atoms with E-state index in [1.165, 1.54) is 10.4 Å². The molecule has 0 bridgehead atoms. The summed E-state index contributed by atoms with van der Waals surface area (Å²) in [7, 11) is 0. The molecule has 30 heavy (non-hydrogen) atoms. The highest BCUT2D eigenvalue weighted by molar-refractivity contribution is 14.1. The molecule has 3 rings (SSSR count). The zero-order chi connectivity index (χ0) is 21.9. The predicted molar refractivity (Wildman–Crippen MR) is 133 cm³/mol. The molecule has 4 nitrogen and oxygen atoms in total. The fourth-order valence-electron chi connectivity index (χ4n) is 3.86. The first kappa shape index (κ1) is 23.1. The van der Waals surface area contributed by atoms with Crippen molar-refractivity contribution < 1.29 is 9.47 Å². The summed E-state index contributed by atoms with van der Waals surface area (Å²) < 4.78 is 12.5. The Morgan fingerprint density at radius 3 is 2.63 bits per heavy atom. The maximum atomic E-state index is 9.78. The molecule has 1 atom stereocenters. The fraction of sp³-hybridized carbons (Fsp3) is 0.500. The number of fused-ring (bicyclic) bond motifs is 1. The molecule has 160 valence electrons. The summed E-state index contributed by atoms with van der Waals surface area (Å²) in [5, 5.41) is 10.6. The number of ether oxygens (including phenoxy) is 2. The van der Waals surface area contributed by atoms with Crippen LogP contribution in [-0.4, -0.2) is 19.4 Å². The van der Waals surface area contributed by atoms with Crippen LogP contribution in [0.1, 0.15) is 62.6 Å². The van der Waals surface area contributed by atoms with Crippen LogP contribution in [0, 0.1) is 26.2 Å². The van der Waals surface area contributed by atoms with E-state index < -0.39 is 0 Å². The summed E-state index contributed by atoms with van der Waals surface area (Å²) in [6.45, 7) is 12.0. The van der Waals surface area contributed by atoms with Gasteiger partial charge in [-0.3, -0.25) is 0 Å². The van der Waals surface area contributed by atoms with E-state index >= 15 is 0 Å². The predicted octanol–water partition coefficient (Wildman–Crippen LogP) is 6.92. The number of rotatable bonds is 6. The first-order valence-electron chi connectivity index (χ1n) is 10.5. The zero-order valence-electron chi connectivity index (χ0n) is 18.3. The SMILES string of the molecule is CCOc1cc(C=Nc2sc3c(c2C#N)CC[C@H](C(C)(C)C)C3)cc(I)c1OCC. The van der Waals surface area contributed by atoms with Crippen LogP contribution >= 0.6 is 33.9 Å². The van der Waals surface area contributed by atoms with E-state index in [-0.39, 0.29) is 5.41 Å². The van der Waals surface area contributed by atoms with Crippen molar-refractivity contribution in [3.63, 3.8) is 0 Å². The number of thiophene rings is 1. The average Bonchev–Trinajstić information content (AvgIpc) is 3.05. The molecule has 0 saturated carbocycles. The van der Waals surface area contributed by atoms with E-state index in [0.717, 1.165) is 50.5 Å². The summed E-state index contributed by atoms with van der Waals surface area (Å²) in [6.07, 6.45) is 4.99. The highest BCUT2D eigenvalue weighted by atomic mass is 127. The van der Waals surface area contributed by atoms with Crippen LogP contribution < -0.4 is 9.47 Å². The Hall–Kier alpha value is -1.59. The number of nitrogens with zero attached hydrogens (tertiary/aromatic N) is 2. The number of hydrogen-bond acceptors (Lipinski definition) is 5. The molecule has 2 aromatic rings. The van der Waals surface area contributed by atoms with Gasteiger partial charge in [-0.2, -0.15) is 5.26 Å². The van der Waals surface area contributed by atoms with Gasteiger partial charge in [-0.1, -0.05) is 20.8 Å². The van der Waals surface area contributed by atoms with Crippen LogP contribution in [0.4, 0.5) is 5.00 Å². The quantitative estimate of drug-likeness (QED) is 0.297. The average molecular weight is 536 g/mol. The zero-order valence-corrected chi connectivity index (χ0v) is 21.3. The molecule has 0 spiro atoms. The van der Waals surface area contributed by atoms with Gasteiger partial charge in [0.1, 0.15) is 11.1 Å². The van der Waals surface area contributed by atoms with Crippen molar-refractivity contribution in [3.8, 4) is 17.6 Å². The second kappa shape index (κ2) is 9.69. The maximum absolute atomic E-state index is 9.78. The van der Waals surface area contributed by atoms with Gasteiger partial charge in [0.15, 0.2) is 11.5 Å². The van der Waals surface area contributed by atoms with Crippen molar-refractivity contribution in [2.45, 2.75) is 53.9 Å². The Balaban J connectivity index is 1.92. The molecule has 1 heterocycles. The van der Waals surface area contributed by atoms with Gasteiger partial charge in [0.2, 0.25) is 0 Å².